The van der Waals surface area contributed by atoms with Crippen LogP contribution < -0.4 is 15.4 Å². The normalized spacial score (nSPS) is 10.2. The van der Waals surface area contributed by atoms with E-state index in [2.05, 4.69) is 36.5 Å². The molecule has 2 N–H and O–H groups in total. The van der Waals surface area contributed by atoms with Crippen molar-refractivity contribution in [2.24, 2.45) is 0 Å². The Morgan fingerprint density at radius 3 is 2.90 bits per heavy atom. The van der Waals surface area contributed by atoms with Gasteiger partial charge < -0.3 is 15.4 Å². The van der Waals surface area contributed by atoms with Gasteiger partial charge in [-0.1, -0.05) is 11.6 Å². The first kappa shape index (κ1) is 14.9. The summed E-state index contributed by atoms with van der Waals surface area (Å²) in [5.41, 5.74) is 0.716. The van der Waals surface area contributed by atoms with Crippen molar-refractivity contribution >= 4 is 45.0 Å². The SMILES string of the molecule is CCNc1ncc(Br)c(Nc2cc(OC)ccc2Cl)n1. The molecule has 0 atom stereocenters. The summed E-state index contributed by atoms with van der Waals surface area (Å²) in [6, 6.07) is 5.37. The fourth-order valence-corrected chi connectivity index (χ4v) is 2.01. The molecule has 0 aliphatic carbocycles. The van der Waals surface area contributed by atoms with E-state index < -0.39 is 0 Å². The highest BCUT2D eigenvalue weighted by Crippen LogP contribution is 2.31. The molecule has 0 radical (unpaired) electrons. The van der Waals surface area contributed by atoms with Crippen LogP contribution in [0, 0.1) is 0 Å². The first-order chi connectivity index (χ1) is 9.63. The number of hydrogen-bond acceptors (Lipinski definition) is 5. The highest BCUT2D eigenvalue weighted by Gasteiger charge is 2.08. The maximum Gasteiger partial charge on any atom is 0.224 e. The molecule has 0 amide bonds. The van der Waals surface area contributed by atoms with E-state index in [1.807, 2.05) is 13.0 Å². The number of methoxy groups -OCH3 is 1. The van der Waals surface area contributed by atoms with Crippen molar-refractivity contribution in [2.75, 3.05) is 24.3 Å². The zero-order chi connectivity index (χ0) is 14.5. The summed E-state index contributed by atoms with van der Waals surface area (Å²) in [6.07, 6.45) is 1.68. The lowest BCUT2D eigenvalue weighted by atomic mass is 10.3. The molecule has 106 valence electrons. The Morgan fingerprint density at radius 1 is 1.40 bits per heavy atom. The van der Waals surface area contributed by atoms with Crippen molar-refractivity contribution < 1.29 is 4.74 Å². The first-order valence-corrected chi connectivity index (χ1v) is 7.18. The summed E-state index contributed by atoms with van der Waals surface area (Å²) < 4.78 is 5.93. The number of rotatable bonds is 5. The Balaban J connectivity index is 2.31. The zero-order valence-electron chi connectivity index (χ0n) is 11.1. The molecule has 7 heteroatoms. The zero-order valence-corrected chi connectivity index (χ0v) is 13.4. The average Bonchev–Trinajstić information content (AvgIpc) is 2.45. The standard InChI is InChI=1S/C13H14BrClN4O/c1-3-16-13-17-7-9(14)12(19-13)18-11-6-8(20-2)4-5-10(11)15/h4-7H,3H2,1-2H3,(H2,16,17,18,19). The molecule has 2 rings (SSSR count). The van der Waals surface area contributed by atoms with E-state index in [9.17, 15) is 0 Å². The molecular weight excluding hydrogens is 344 g/mol. The van der Waals surface area contributed by atoms with Gasteiger partial charge >= 0.3 is 0 Å². The molecule has 2 aromatic rings. The van der Waals surface area contributed by atoms with E-state index in [0.717, 1.165) is 11.0 Å². The topological polar surface area (TPSA) is 59.1 Å². The fourth-order valence-electron chi connectivity index (χ4n) is 1.55. The molecular formula is C13H14BrClN4O. The van der Waals surface area contributed by atoms with E-state index in [0.29, 0.717) is 28.2 Å². The van der Waals surface area contributed by atoms with E-state index >= 15 is 0 Å². The number of ether oxygens (including phenoxy) is 1. The number of aromatic nitrogens is 2. The van der Waals surface area contributed by atoms with E-state index in [1.165, 1.54) is 0 Å². The summed E-state index contributed by atoms with van der Waals surface area (Å²) in [5, 5.41) is 6.81. The fraction of sp³-hybridized carbons (Fsp3) is 0.231. The smallest absolute Gasteiger partial charge is 0.224 e. The van der Waals surface area contributed by atoms with Crippen LogP contribution in [0.5, 0.6) is 5.75 Å². The highest BCUT2D eigenvalue weighted by atomic mass is 79.9. The van der Waals surface area contributed by atoms with Gasteiger partial charge in [-0.25, -0.2) is 4.98 Å². The minimum Gasteiger partial charge on any atom is -0.497 e. The Hall–Kier alpha value is -1.53. The molecule has 0 saturated heterocycles. The number of anilines is 3. The predicted octanol–water partition coefficient (Wildman–Crippen LogP) is 4.08. The Kier molecular flexibility index (Phi) is 5.03. The van der Waals surface area contributed by atoms with Crippen molar-refractivity contribution in [3.8, 4) is 5.75 Å². The molecule has 0 saturated carbocycles. The summed E-state index contributed by atoms with van der Waals surface area (Å²) in [7, 11) is 1.61. The largest absolute Gasteiger partial charge is 0.497 e. The summed E-state index contributed by atoms with van der Waals surface area (Å²) in [4.78, 5) is 8.53. The third-order valence-electron chi connectivity index (χ3n) is 2.51. The van der Waals surface area contributed by atoms with E-state index in [4.69, 9.17) is 16.3 Å². The van der Waals surface area contributed by atoms with Gasteiger partial charge in [0.1, 0.15) is 11.6 Å². The van der Waals surface area contributed by atoms with Gasteiger partial charge in [-0.3, -0.25) is 0 Å². The van der Waals surface area contributed by atoms with Crippen LogP contribution in [0.1, 0.15) is 6.92 Å². The van der Waals surface area contributed by atoms with Crippen LogP contribution in [-0.4, -0.2) is 23.6 Å². The summed E-state index contributed by atoms with van der Waals surface area (Å²) in [6.45, 7) is 2.73. The molecule has 1 aromatic carbocycles. The maximum absolute atomic E-state index is 6.16. The van der Waals surface area contributed by atoms with Crippen LogP contribution in [0.3, 0.4) is 0 Å². The van der Waals surface area contributed by atoms with Gasteiger partial charge in [0.2, 0.25) is 5.95 Å². The third-order valence-corrected chi connectivity index (χ3v) is 3.42. The molecule has 5 nitrogen and oxygen atoms in total. The van der Waals surface area contributed by atoms with Crippen LogP contribution in [0.4, 0.5) is 17.5 Å². The second-order valence-corrected chi connectivity index (χ2v) is 5.15. The van der Waals surface area contributed by atoms with E-state index in [1.54, 1.807) is 25.4 Å². The van der Waals surface area contributed by atoms with Crippen LogP contribution in [0.15, 0.2) is 28.9 Å². The molecule has 0 aliphatic heterocycles. The predicted molar refractivity (Wildman–Crippen MR) is 85.2 cm³/mol. The van der Waals surface area contributed by atoms with Gasteiger partial charge in [0.05, 0.1) is 22.3 Å². The van der Waals surface area contributed by atoms with E-state index in [-0.39, 0.29) is 0 Å². The molecule has 0 spiro atoms. The molecule has 0 unspecified atom stereocenters. The summed E-state index contributed by atoms with van der Waals surface area (Å²) >= 11 is 9.57. The van der Waals surface area contributed by atoms with Crippen LogP contribution >= 0.6 is 27.5 Å². The molecule has 0 fully saturated rings. The minimum absolute atomic E-state index is 0.553. The lowest BCUT2D eigenvalue weighted by Gasteiger charge is -2.12. The molecule has 1 heterocycles. The minimum atomic E-state index is 0.553. The molecule has 20 heavy (non-hydrogen) atoms. The van der Waals surface area contributed by atoms with Gasteiger partial charge in [-0.05, 0) is 35.0 Å². The molecule has 1 aromatic heterocycles. The molecule has 0 aliphatic rings. The van der Waals surface area contributed by atoms with Crippen molar-refractivity contribution in [1.82, 2.24) is 9.97 Å². The Morgan fingerprint density at radius 2 is 2.20 bits per heavy atom. The van der Waals surface area contributed by atoms with Crippen LogP contribution in [-0.2, 0) is 0 Å². The first-order valence-electron chi connectivity index (χ1n) is 6.01. The lowest BCUT2D eigenvalue weighted by molar-refractivity contribution is 0.415. The van der Waals surface area contributed by atoms with Crippen molar-refractivity contribution in [2.45, 2.75) is 6.92 Å². The van der Waals surface area contributed by atoms with Gasteiger partial charge in [0, 0.05) is 18.8 Å². The lowest BCUT2D eigenvalue weighted by Crippen LogP contribution is -2.04. The number of nitrogens with one attached hydrogen (secondary N) is 2. The second kappa shape index (κ2) is 6.76. The average molecular weight is 358 g/mol. The van der Waals surface area contributed by atoms with Gasteiger partial charge in [0.15, 0.2) is 0 Å². The number of nitrogens with zero attached hydrogens (tertiary/aromatic N) is 2. The number of hydrogen-bond donors (Lipinski definition) is 2. The van der Waals surface area contributed by atoms with Gasteiger partial charge in [-0.2, -0.15) is 4.98 Å². The van der Waals surface area contributed by atoms with Gasteiger partial charge in [0.25, 0.3) is 0 Å². The Labute approximate surface area is 130 Å². The highest BCUT2D eigenvalue weighted by molar-refractivity contribution is 9.10. The third kappa shape index (κ3) is 3.52. The monoisotopic (exact) mass is 356 g/mol. The maximum atomic E-state index is 6.16. The van der Waals surface area contributed by atoms with Crippen molar-refractivity contribution in [3.05, 3.63) is 33.9 Å². The second-order valence-electron chi connectivity index (χ2n) is 3.89. The van der Waals surface area contributed by atoms with Crippen molar-refractivity contribution in [3.63, 3.8) is 0 Å². The summed E-state index contributed by atoms with van der Waals surface area (Å²) in [5.74, 6) is 1.90. The van der Waals surface area contributed by atoms with Crippen LogP contribution in [0.25, 0.3) is 0 Å². The molecule has 0 bridgehead atoms. The number of benzene rings is 1. The Bertz CT molecular complexity index is 609. The van der Waals surface area contributed by atoms with Gasteiger partial charge in [-0.15, -0.1) is 0 Å². The quantitative estimate of drug-likeness (QED) is 0.844. The number of halogens is 2. The van der Waals surface area contributed by atoms with Crippen molar-refractivity contribution in [1.29, 1.82) is 0 Å². The van der Waals surface area contributed by atoms with Crippen LogP contribution in [0.2, 0.25) is 5.02 Å².